The summed E-state index contributed by atoms with van der Waals surface area (Å²) < 4.78 is 5.39. The first-order chi connectivity index (χ1) is 8.29. The fourth-order valence-corrected chi connectivity index (χ4v) is 2.95. The Bertz CT molecular complexity index is 208. The summed E-state index contributed by atoms with van der Waals surface area (Å²) >= 11 is 0. The quantitative estimate of drug-likeness (QED) is 0.696. The normalized spacial score (nSPS) is 30.9. The summed E-state index contributed by atoms with van der Waals surface area (Å²) in [6, 6.07) is 0. The summed E-state index contributed by atoms with van der Waals surface area (Å²) in [5, 5.41) is 7.14. The van der Waals surface area contributed by atoms with Crippen molar-refractivity contribution in [1.29, 1.82) is 0 Å². The van der Waals surface area contributed by atoms with Crippen molar-refractivity contribution in [3.63, 3.8) is 0 Å². The molecule has 0 aromatic rings. The Morgan fingerprint density at radius 1 is 1.29 bits per heavy atom. The van der Waals surface area contributed by atoms with Gasteiger partial charge in [-0.1, -0.05) is 12.8 Å². The monoisotopic (exact) mass is 240 g/mol. The molecule has 0 radical (unpaired) electrons. The number of unbranched alkanes of at least 4 members (excludes halogenated alkanes) is 1. The molecule has 2 rings (SSSR count). The van der Waals surface area contributed by atoms with Crippen LogP contribution >= 0.6 is 0 Å². The lowest BCUT2D eigenvalue weighted by Gasteiger charge is -2.25. The van der Waals surface area contributed by atoms with Gasteiger partial charge in [0.05, 0.1) is 0 Å². The fourth-order valence-electron chi connectivity index (χ4n) is 2.95. The molecule has 2 fully saturated rings. The summed E-state index contributed by atoms with van der Waals surface area (Å²) in [6.45, 7) is 7.81. The zero-order chi connectivity index (χ0) is 12.0. The van der Waals surface area contributed by atoms with Crippen molar-refractivity contribution in [1.82, 2.24) is 10.6 Å². The van der Waals surface area contributed by atoms with Gasteiger partial charge in [0.15, 0.2) is 0 Å². The second kappa shape index (κ2) is 6.72. The molecule has 2 heterocycles. The van der Waals surface area contributed by atoms with Crippen molar-refractivity contribution >= 4 is 0 Å². The Hall–Kier alpha value is -0.120. The van der Waals surface area contributed by atoms with E-state index in [0.717, 1.165) is 25.7 Å². The van der Waals surface area contributed by atoms with Crippen LogP contribution in [0.3, 0.4) is 0 Å². The number of rotatable bonds is 6. The van der Waals surface area contributed by atoms with E-state index in [0.29, 0.717) is 5.54 Å². The van der Waals surface area contributed by atoms with E-state index in [1.54, 1.807) is 0 Å². The second-order valence-electron chi connectivity index (χ2n) is 5.97. The molecule has 0 aromatic heterocycles. The molecular formula is C14H28N2O. The van der Waals surface area contributed by atoms with Crippen LogP contribution < -0.4 is 10.6 Å². The number of hydrogen-bond donors (Lipinski definition) is 2. The summed E-state index contributed by atoms with van der Waals surface area (Å²) in [4.78, 5) is 0. The summed E-state index contributed by atoms with van der Waals surface area (Å²) in [7, 11) is 0. The van der Waals surface area contributed by atoms with E-state index in [-0.39, 0.29) is 0 Å². The molecule has 0 aromatic carbocycles. The number of nitrogens with one attached hydrogen (secondary N) is 2. The molecule has 2 aliphatic heterocycles. The van der Waals surface area contributed by atoms with Gasteiger partial charge in [0.1, 0.15) is 0 Å². The van der Waals surface area contributed by atoms with Crippen molar-refractivity contribution in [2.75, 3.05) is 32.8 Å². The van der Waals surface area contributed by atoms with Crippen molar-refractivity contribution in [3.8, 4) is 0 Å². The highest BCUT2D eigenvalue weighted by molar-refractivity contribution is 4.91. The molecule has 2 N–H and O–H groups in total. The van der Waals surface area contributed by atoms with Crippen molar-refractivity contribution in [2.45, 2.75) is 51.0 Å². The predicted molar refractivity (Wildman–Crippen MR) is 71.3 cm³/mol. The minimum atomic E-state index is 0.360. The van der Waals surface area contributed by atoms with Crippen molar-refractivity contribution in [2.24, 2.45) is 5.92 Å². The van der Waals surface area contributed by atoms with Crippen LogP contribution in [0.5, 0.6) is 0 Å². The molecular weight excluding hydrogens is 212 g/mol. The zero-order valence-electron chi connectivity index (χ0n) is 11.3. The highest BCUT2D eigenvalue weighted by Gasteiger charge is 2.26. The fraction of sp³-hybridized carbons (Fsp3) is 1.00. The maximum Gasteiger partial charge on any atom is 0.0468 e. The van der Waals surface area contributed by atoms with Crippen molar-refractivity contribution in [3.05, 3.63) is 0 Å². The lowest BCUT2D eigenvalue weighted by Crippen LogP contribution is -2.44. The maximum atomic E-state index is 5.39. The first-order valence-electron chi connectivity index (χ1n) is 7.32. The molecule has 0 bridgehead atoms. The Morgan fingerprint density at radius 2 is 2.12 bits per heavy atom. The minimum Gasteiger partial charge on any atom is -0.381 e. The summed E-state index contributed by atoms with van der Waals surface area (Å²) in [5.74, 6) is 0.937. The third-order valence-electron chi connectivity index (χ3n) is 4.30. The number of ether oxygens (including phenoxy) is 1. The van der Waals surface area contributed by atoms with E-state index in [2.05, 4.69) is 17.6 Å². The Labute approximate surface area is 106 Å². The van der Waals surface area contributed by atoms with Crippen LogP contribution in [0.1, 0.15) is 45.4 Å². The molecule has 2 aliphatic rings. The molecule has 1 atom stereocenters. The predicted octanol–water partition coefficient (Wildman–Crippen LogP) is 1.92. The number of hydrogen-bond acceptors (Lipinski definition) is 3. The van der Waals surface area contributed by atoms with Crippen LogP contribution in [0, 0.1) is 5.92 Å². The van der Waals surface area contributed by atoms with Gasteiger partial charge in [0, 0.05) is 25.3 Å². The van der Waals surface area contributed by atoms with Crippen LogP contribution in [-0.2, 0) is 4.74 Å². The Morgan fingerprint density at radius 3 is 2.82 bits per heavy atom. The SMILES string of the molecule is CC1(NCCCCC2CCOCC2)CCNC1. The van der Waals surface area contributed by atoms with E-state index in [1.165, 1.54) is 51.6 Å². The molecule has 0 aliphatic carbocycles. The Balaban J connectivity index is 1.48. The smallest absolute Gasteiger partial charge is 0.0468 e. The zero-order valence-corrected chi connectivity index (χ0v) is 11.3. The van der Waals surface area contributed by atoms with Gasteiger partial charge in [0.25, 0.3) is 0 Å². The summed E-state index contributed by atoms with van der Waals surface area (Å²) in [6.07, 6.45) is 7.95. The molecule has 0 amide bonds. The molecule has 0 spiro atoms. The van der Waals surface area contributed by atoms with Gasteiger partial charge in [-0.05, 0) is 51.6 Å². The van der Waals surface area contributed by atoms with Crippen LogP contribution in [0.25, 0.3) is 0 Å². The van der Waals surface area contributed by atoms with E-state index in [9.17, 15) is 0 Å². The van der Waals surface area contributed by atoms with Gasteiger partial charge in [0.2, 0.25) is 0 Å². The van der Waals surface area contributed by atoms with Gasteiger partial charge in [-0.15, -0.1) is 0 Å². The van der Waals surface area contributed by atoms with Crippen LogP contribution in [0.15, 0.2) is 0 Å². The molecule has 100 valence electrons. The largest absolute Gasteiger partial charge is 0.381 e. The topological polar surface area (TPSA) is 33.3 Å². The van der Waals surface area contributed by atoms with Gasteiger partial charge in [-0.2, -0.15) is 0 Å². The summed E-state index contributed by atoms with van der Waals surface area (Å²) in [5.41, 5.74) is 0.360. The average Bonchev–Trinajstić information content (AvgIpc) is 2.77. The lowest BCUT2D eigenvalue weighted by atomic mass is 9.94. The van der Waals surface area contributed by atoms with Crippen molar-refractivity contribution < 1.29 is 4.74 Å². The van der Waals surface area contributed by atoms with E-state index < -0.39 is 0 Å². The molecule has 17 heavy (non-hydrogen) atoms. The highest BCUT2D eigenvalue weighted by atomic mass is 16.5. The van der Waals surface area contributed by atoms with E-state index in [4.69, 9.17) is 4.74 Å². The van der Waals surface area contributed by atoms with E-state index in [1.807, 2.05) is 0 Å². The maximum absolute atomic E-state index is 5.39. The van der Waals surface area contributed by atoms with Gasteiger partial charge in [-0.3, -0.25) is 0 Å². The second-order valence-corrected chi connectivity index (χ2v) is 5.97. The first-order valence-corrected chi connectivity index (χ1v) is 7.32. The van der Waals surface area contributed by atoms with Gasteiger partial charge >= 0.3 is 0 Å². The first kappa shape index (κ1) is 13.3. The molecule has 3 nitrogen and oxygen atoms in total. The lowest BCUT2D eigenvalue weighted by molar-refractivity contribution is 0.0631. The standard InChI is InChI=1S/C14H28N2O/c1-14(7-9-15-12-14)16-8-3-2-4-13-5-10-17-11-6-13/h13,15-16H,2-12H2,1H3. The van der Waals surface area contributed by atoms with Crippen LogP contribution in [-0.4, -0.2) is 38.4 Å². The molecule has 2 saturated heterocycles. The molecule has 1 unspecified atom stereocenters. The third kappa shape index (κ3) is 4.57. The molecule has 3 heteroatoms. The van der Waals surface area contributed by atoms with E-state index >= 15 is 0 Å². The molecule has 0 saturated carbocycles. The third-order valence-corrected chi connectivity index (χ3v) is 4.30. The van der Waals surface area contributed by atoms with Crippen LogP contribution in [0.4, 0.5) is 0 Å². The average molecular weight is 240 g/mol. The Kier molecular flexibility index (Phi) is 5.26. The van der Waals surface area contributed by atoms with Gasteiger partial charge in [-0.25, -0.2) is 0 Å². The van der Waals surface area contributed by atoms with Crippen LogP contribution in [0.2, 0.25) is 0 Å². The minimum absolute atomic E-state index is 0.360. The van der Waals surface area contributed by atoms with Gasteiger partial charge < -0.3 is 15.4 Å². The highest BCUT2D eigenvalue weighted by Crippen LogP contribution is 2.20.